The van der Waals surface area contributed by atoms with E-state index in [4.69, 9.17) is 4.98 Å². The van der Waals surface area contributed by atoms with Gasteiger partial charge in [0.05, 0.1) is 29.2 Å². The molecule has 6 rings (SSSR count). The van der Waals surface area contributed by atoms with Gasteiger partial charge in [-0.05, 0) is 68.8 Å². The molecule has 1 spiro atoms. The van der Waals surface area contributed by atoms with Crippen LogP contribution in [0.2, 0.25) is 0 Å². The predicted molar refractivity (Wildman–Crippen MR) is 142 cm³/mol. The minimum atomic E-state index is 0. The zero-order valence-electron chi connectivity index (χ0n) is 21.8. The maximum absolute atomic E-state index is 14.5. The number of thiazole rings is 1. The lowest BCUT2D eigenvalue weighted by Crippen LogP contribution is -3.00. The number of hydrogen-bond donors (Lipinski definition) is 1. The highest BCUT2D eigenvalue weighted by Crippen LogP contribution is 2.48. The molecule has 1 saturated carbocycles. The second-order valence-electron chi connectivity index (χ2n) is 11.7. The van der Waals surface area contributed by atoms with Gasteiger partial charge in [0.15, 0.2) is 0 Å². The summed E-state index contributed by atoms with van der Waals surface area (Å²) in [4.78, 5) is 23.4. The van der Waals surface area contributed by atoms with Crippen LogP contribution in [0, 0.1) is 11.8 Å². The number of aromatic nitrogens is 1. The summed E-state index contributed by atoms with van der Waals surface area (Å²) < 4.78 is 0. The first kappa shape index (κ1) is 26.2. The smallest absolute Gasteiger partial charge is 0.232 e. The molecule has 1 aromatic heterocycles. The van der Waals surface area contributed by atoms with Crippen molar-refractivity contribution >= 4 is 17.2 Å². The Morgan fingerprint density at radius 2 is 1.94 bits per heavy atom. The number of halogens is 1. The molecule has 36 heavy (non-hydrogen) atoms. The first-order valence-corrected chi connectivity index (χ1v) is 15.2. The van der Waals surface area contributed by atoms with Crippen molar-refractivity contribution in [3.05, 3.63) is 51.5 Å². The Morgan fingerprint density at radius 1 is 1.14 bits per heavy atom. The summed E-state index contributed by atoms with van der Waals surface area (Å²) in [5, 5.41) is 3.70. The lowest BCUT2D eigenvalue weighted by Gasteiger charge is -2.47. The summed E-state index contributed by atoms with van der Waals surface area (Å²) in [6, 6.07) is 11.5. The summed E-state index contributed by atoms with van der Waals surface area (Å²) in [5.41, 5.74) is 2.81. The van der Waals surface area contributed by atoms with Gasteiger partial charge in [-0.25, -0.2) is 4.98 Å². The number of piperidine rings is 1. The molecule has 4 atom stereocenters. The maximum atomic E-state index is 14.5. The van der Waals surface area contributed by atoms with Crippen molar-refractivity contribution in [1.29, 1.82) is 0 Å². The summed E-state index contributed by atoms with van der Waals surface area (Å²) >= 11 is 1.92. The van der Waals surface area contributed by atoms with Crippen LogP contribution in [0.3, 0.4) is 0 Å². The number of rotatable bonds is 4. The number of nitrogens with two attached hydrogens (primary N) is 1. The number of quaternary nitrogens is 1. The van der Waals surface area contributed by atoms with E-state index in [9.17, 15) is 4.79 Å². The molecule has 4 nitrogen and oxygen atoms in total. The molecule has 0 bridgehead atoms. The molecule has 3 fully saturated rings. The van der Waals surface area contributed by atoms with Gasteiger partial charge < -0.3 is 22.6 Å². The average Bonchev–Trinajstić information content (AvgIpc) is 3.54. The Morgan fingerprint density at radius 3 is 2.72 bits per heavy atom. The fourth-order valence-corrected chi connectivity index (χ4v) is 9.33. The predicted octanol–water partition coefficient (Wildman–Crippen LogP) is 1.83. The van der Waals surface area contributed by atoms with Crippen molar-refractivity contribution in [2.75, 3.05) is 19.6 Å². The molecule has 4 aliphatic rings. The third-order valence-electron chi connectivity index (χ3n) is 9.80. The molecule has 6 heteroatoms. The molecule has 2 N–H and O–H groups in total. The highest BCUT2D eigenvalue weighted by Gasteiger charge is 2.56. The average molecular weight is 528 g/mol. The zero-order chi connectivity index (χ0) is 23.8. The van der Waals surface area contributed by atoms with E-state index in [0.29, 0.717) is 23.8 Å². The number of benzene rings is 1. The normalized spacial score (nSPS) is 30.7. The monoisotopic (exact) mass is 527 g/mol. The summed E-state index contributed by atoms with van der Waals surface area (Å²) in [7, 11) is 0. The summed E-state index contributed by atoms with van der Waals surface area (Å²) in [6.45, 7) is 5.16. The zero-order valence-corrected chi connectivity index (χ0v) is 23.3. The Bertz CT molecular complexity index is 1040. The van der Waals surface area contributed by atoms with Crippen LogP contribution in [0.5, 0.6) is 0 Å². The minimum Gasteiger partial charge on any atom is -1.00 e. The number of carbonyl (C=O) groups is 1. The second kappa shape index (κ2) is 11.1. The van der Waals surface area contributed by atoms with Gasteiger partial charge in [0, 0.05) is 17.5 Å². The molecule has 3 heterocycles. The van der Waals surface area contributed by atoms with Gasteiger partial charge in [-0.2, -0.15) is 0 Å². The molecule has 1 aromatic carbocycles. The van der Waals surface area contributed by atoms with E-state index in [1.807, 2.05) is 11.3 Å². The van der Waals surface area contributed by atoms with Gasteiger partial charge in [-0.3, -0.25) is 4.79 Å². The van der Waals surface area contributed by atoms with Gasteiger partial charge in [0.1, 0.15) is 5.92 Å². The van der Waals surface area contributed by atoms with Crippen LogP contribution >= 0.6 is 11.3 Å². The molecular formula is C30H42ClN3OS. The topological polar surface area (TPSA) is 49.8 Å². The first-order valence-electron chi connectivity index (χ1n) is 14.4. The fourth-order valence-electron chi connectivity index (χ4n) is 8.00. The number of aryl methyl sites for hydroxylation is 2. The van der Waals surface area contributed by atoms with E-state index < -0.39 is 0 Å². The van der Waals surface area contributed by atoms with E-state index in [0.717, 1.165) is 51.7 Å². The molecule has 2 aliphatic carbocycles. The minimum absolute atomic E-state index is 0. The Kier molecular flexibility index (Phi) is 8.09. The van der Waals surface area contributed by atoms with Gasteiger partial charge in [0.2, 0.25) is 5.91 Å². The lowest BCUT2D eigenvalue weighted by molar-refractivity contribution is -0.640. The number of likely N-dealkylation sites (tertiary alicyclic amines) is 1. The van der Waals surface area contributed by atoms with Crippen LogP contribution in [0.4, 0.5) is 0 Å². The first-order chi connectivity index (χ1) is 17.2. The molecule has 2 aromatic rings. The molecular weight excluding hydrogens is 486 g/mol. The van der Waals surface area contributed by atoms with Crippen molar-refractivity contribution in [2.24, 2.45) is 11.8 Å². The molecule has 196 valence electrons. The number of fused-ring (bicyclic) bond motifs is 2. The Labute approximate surface area is 227 Å². The second-order valence-corrected chi connectivity index (χ2v) is 12.7. The van der Waals surface area contributed by atoms with Crippen molar-refractivity contribution < 1.29 is 22.5 Å². The molecule has 2 saturated heterocycles. The maximum Gasteiger partial charge on any atom is 0.232 e. The van der Waals surface area contributed by atoms with Crippen molar-refractivity contribution in [1.82, 2.24) is 9.88 Å². The largest absolute Gasteiger partial charge is 1.00 e. The Hall–Kier alpha value is -1.43. The van der Waals surface area contributed by atoms with Crippen LogP contribution in [0.1, 0.15) is 91.8 Å². The van der Waals surface area contributed by atoms with E-state index in [2.05, 4.69) is 47.5 Å². The van der Waals surface area contributed by atoms with Crippen molar-refractivity contribution in [3.8, 4) is 0 Å². The van der Waals surface area contributed by atoms with Crippen molar-refractivity contribution in [3.63, 3.8) is 0 Å². The molecule has 1 unspecified atom stereocenters. The van der Waals surface area contributed by atoms with Crippen LogP contribution in [0.15, 0.2) is 30.3 Å². The van der Waals surface area contributed by atoms with E-state index in [-0.39, 0.29) is 23.7 Å². The Balaban J connectivity index is 0.00000267. The quantitative estimate of drug-likeness (QED) is 0.659. The summed E-state index contributed by atoms with van der Waals surface area (Å²) in [5.74, 6) is 1.86. The lowest BCUT2D eigenvalue weighted by atomic mass is 9.68. The number of nitrogens with zero attached hydrogens (tertiary/aromatic N) is 2. The van der Waals surface area contributed by atoms with Crippen LogP contribution in [-0.4, -0.2) is 41.5 Å². The van der Waals surface area contributed by atoms with Crippen LogP contribution in [0.25, 0.3) is 0 Å². The summed E-state index contributed by atoms with van der Waals surface area (Å²) in [6.07, 6.45) is 13.3. The highest BCUT2D eigenvalue weighted by atomic mass is 35.5. The SMILES string of the molecule is CCc1nc2c(s1)[C@]1(CCC2)C[NH2+]CC1C(=O)N1CC[C@@H](c2ccccc2)C[C@H]1C1CCCCC1.[Cl-]. The van der Waals surface area contributed by atoms with Crippen molar-refractivity contribution in [2.45, 2.75) is 94.9 Å². The van der Waals surface area contributed by atoms with Gasteiger partial charge in [-0.15, -0.1) is 11.3 Å². The van der Waals surface area contributed by atoms with E-state index in [1.165, 1.54) is 59.7 Å². The number of amides is 1. The van der Waals surface area contributed by atoms with E-state index >= 15 is 0 Å². The van der Waals surface area contributed by atoms with Gasteiger partial charge >= 0.3 is 0 Å². The molecule has 2 aliphatic heterocycles. The van der Waals surface area contributed by atoms with E-state index in [1.54, 1.807) is 0 Å². The number of hydrogen-bond acceptors (Lipinski definition) is 3. The third-order valence-corrected chi connectivity index (χ3v) is 11.3. The molecule has 1 amide bonds. The van der Waals surface area contributed by atoms with Gasteiger partial charge in [0.25, 0.3) is 0 Å². The van der Waals surface area contributed by atoms with Crippen LogP contribution < -0.4 is 17.7 Å². The fraction of sp³-hybridized carbons (Fsp3) is 0.667. The third kappa shape index (κ3) is 4.65. The molecule has 0 radical (unpaired) electrons. The van der Waals surface area contributed by atoms with Gasteiger partial charge in [-0.1, -0.05) is 56.5 Å². The standard InChI is InChI=1S/C30H41N3OS.ClH/c1-2-27-32-25-14-9-16-30(28(25)35-27)20-31-19-24(30)29(34)33-17-15-23(21-10-5-3-6-11-21)18-26(33)22-12-7-4-8-13-22;/h3,5-6,10-11,22-24,26,31H,2,4,7-9,12-20H2,1H3;1H/t23-,24?,26+,30-;/m1./s1. The number of carbonyl (C=O) groups excluding carboxylic acids is 1. The van der Waals surface area contributed by atoms with Crippen LogP contribution in [-0.2, 0) is 23.1 Å². The highest BCUT2D eigenvalue weighted by molar-refractivity contribution is 7.12.